The molecule has 190 valence electrons. The summed E-state index contributed by atoms with van der Waals surface area (Å²) in [6.45, 7) is 7.16. The Labute approximate surface area is 214 Å². The molecular weight excluding hydrogens is 471 g/mol. The first-order valence-corrected chi connectivity index (χ1v) is 12.4. The Hall–Kier alpha value is -4.13. The summed E-state index contributed by atoms with van der Waals surface area (Å²) in [5.74, 6) is -1.11. The van der Waals surface area contributed by atoms with E-state index >= 15 is 0 Å². The van der Waals surface area contributed by atoms with Crippen LogP contribution in [0.1, 0.15) is 39.7 Å². The molecule has 5 rings (SSSR count). The molecule has 7 heteroatoms. The van der Waals surface area contributed by atoms with Crippen LogP contribution in [-0.2, 0) is 17.6 Å². The van der Waals surface area contributed by atoms with Gasteiger partial charge in [-0.25, -0.2) is 4.39 Å². The Morgan fingerprint density at radius 1 is 1.08 bits per heavy atom. The lowest BCUT2D eigenvalue weighted by molar-refractivity contribution is -0.136. The number of carboxylic acids is 1. The van der Waals surface area contributed by atoms with Gasteiger partial charge in [0.05, 0.1) is 18.0 Å². The number of para-hydroxylation sites is 1. The second kappa shape index (κ2) is 9.73. The van der Waals surface area contributed by atoms with Gasteiger partial charge in [0.15, 0.2) is 0 Å². The first-order valence-electron chi connectivity index (χ1n) is 12.4. The van der Waals surface area contributed by atoms with E-state index in [-0.39, 0.29) is 18.4 Å². The number of benzene rings is 3. The zero-order chi connectivity index (χ0) is 26.3. The lowest BCUT2D eigenvalue weighted by Gasteiger charge is -2.26. The van der Waals surface area contributed by atoms with Gasteiger partial charge in [0.2, 0.25) is 0 Å². The van der Waals surface area contributed by atoms with Crippen LogP contribution in [0.15, 0.2) is 60.7 Å². The maximum Gasteiger partial charge on any atom is 0.307 e. The maximum absolute atomic E-state index is 14.0. The molecule has 37 heavy (non-hydrogen) atoms. The zero-order valence-electron chi connectivity index (χ0n) is 21.1. The third kappa shape index (κ3) is 4.46. The summed E-state index contributed by atoms with van der Waals surface area (Å²) in [5, 5.41) is 9.79. The van der Waals surface area contributed by atoms with Gasteiger partial charge in [-0.05, 0) is 86.3 Å². The highest BCUT2D eigenvalue weighted by atomic mass is 19.1. The number of nitrogens with zero attached hydrogens (tertiary/aromatic N) is 2. The summed E-state index contributed by atoms with van der Waals surface area (Å²) in [6, 6.07) is 18.1. The van der Waals surface area contributed by atoms with E-state index in [1.54, 1.807) is 25.1 Å². The molecule has 0 saturated carbocycles. The summed E-state index contributed by atoms with van der Waals surface area (Å²) in [7, 11) is 0. The normalized spacial score (nSPS) is 14.7. The van der Waals surface area contributed by atoms with Gasteiger partial charge in [-0.15, -0.1) is 0 Å². The molecule has 0 bridgehead atoms. The highest BCUT2D eigenvalue weighted by Gasteiger charge is 2.28. The first-order chi connectivity index (χ1) is 17.8. The molecule has 4 aromatic rings. The van der Waals surface area contributed by atoms with Crippen molar-refractivity contribution < 1.29 is 23.8 Å². The third-order valence-corrected chi connectivity index (χ3v) is 7.22. The molecule has 0 saturated heterocycles. The van der Waals surface area contributed by atoms with Gasteiger partial charge in [-0.2, -0.15) is 0 Å². The summed E-state index contributed by atoms with van der Waals surface area (Å²) in [5.41, 5.74) is 5.27. The molecule has 2 heterocycles. The number of likely N-dealkylation sites (N-methyl/N-ethyl adjacent to an activating group) is 1. The SMILES string of the molecule is CCN1c2ccccc2C[C@@H]1COc1ccc(C(=O)n2c(C)c(CC(=O)O)c3cc(F)ccc32)cc1C. The fraction of sp³-hybridized carbons (Fsp3) is 0.267. The second-order valence-electron chi connectivity index (χ2n) is 9.50. The maximum atomic E-state index is 14.0. The number of rotatable bonds is 7. The average molecular weight is 501 g/mol. The Morgan fingerprint density at radius 2 is 1.86 bits per heavy atom. The van der Waals surface area contributed by atoms with E-state index < -0.39 is 11.8 Å². The Kier molecular flexibility index (Phi) is 6.46. The van der Waals surface area contributed by atoms with Crippen LogP contribution in [0, 0.1) is 19.7 Å². The summed E-state index contributed by atoms with van der Waals surface area (Å²) < 4.78 is 21.6. The standard InChI is InChI=1S/C30H29FN2O4/c1-4-32-23(14-20-7-5-6-8-26(20)32)17-37-28-12-9-21(13-18(28)2)30(36)33-19(3)24(16-29(34)35)25-15-22(31)10-11-27(25)33/h5-13,15,23H,4,14,16-17H2,1-3H3,(H,34,35)/t23-/m1/s1. The molecule has 1 aliphatic heterocycles. The Balaban J connectivity index is 1.39. The minimum atomic E-state index is -1.04. The lowest BCUT2D eigenvalue weighted by atomic mass is 10.1. The third-order valence-electron chi connectivity index (χ3n) is 7.22. The van der Waals surface area contributed by atoms with Crippen LogP contribution in [0.5, 0.6) is 5.75 Å². The second-order valence-corrected chi connectivity index (χ2v) is 9.50. The van der Waals surface area contributed by atoms with E-state index in [1.165, 1.54) is 34.0 Å². The fourth-order valence-corrected chi connectivity index (χ4v) is 5.45. The molecule has 0 spiro atoms. The van der Waals surface area contributed by atoms with Crippen LogP contribution in [0.4, 0.5) is 10.1 Å². The van der Waals surface area contributed by atoms with Crippen molar-refractivity contribution in [3.63, 3.8) is 0 Å². The Morgan fingerprint density at radius 3 is 2.59 bits per heavy atom. The van der Waals surface area contributed by atoms with Gasteiger partial charge in [0.1, 0.15) is 18.2 Å². The lowest BCUT2D eigenvalue weighted by Crippen LogP contribution is -2.36. The number of ether oxygens (including phenoxy) is 1. The smallest absolute Gasteiger partial charge is 0.307 e. The molecule has 1 aromatic heterocycles. The van der Waals surface area contributed by atoms with Gasteiger partial charge in [0, 0.05) is 28.9 Å². The number of hydrogen-bond acceptors (Lipinski definition) is 4. The quantitative estimate of drug-likeness (QED) is 0.361. The molecule has 1 aliphatic rings. The number of carboxylic acid groups (broad SMARTS) is 1. The van der Waals surface area contributed by atoms with E-state index in [9.17, 15) is 19.1 Å². The van der Waals surface area contributed by atoms with Crippen LogP contribution in [-0.4, -0.2) is 40.7 Å². The van der Waals surface area contributed by atoms with Crippen molar-refractivity contribution in [1.82, 2.24) is 4.57 Å². The number of halogens is 1. The number of aromatic nitrogens is 1. The van der Waals surface area contributed by atoms with Crippen LogP contribution in [0.2, 0.25) is 0 Å². The van der Waals surface area contributed by atoms with Crippen LogP contribution >= 0.6 is 0 Å². The van der Waals surface area contributed by atoms with Crippen molar-refractivity contribution in [2.24, 2.45) is 0 Å². The van der Waals surface area contributed by atoms with Gasteiger partial charge in [0.25, 0.3) is 5.91 Å². The van der Waals surface area contributed by atoms with Crippen molar-refractivity contribution >= 4 is 28.5 Å². The summed E-state index contributed by atoms with van der Waals surface area (Å²) in [6.07, 6.45) is 0.635. The predicted molar refractivity (Wildman–Crippen MR) is 141 cm³/mol. The Bertz CT molecular complexity index is 1520. The summed E-state index contributed by atoms with van der Waals surface area (Å²) in [4.78, 5) is 27.4. The van der Waals surface area contributed by atoms with Crippen molar-refractivity contribution in [3.05, 3.63) is 94.4 Å². The van der Waals surface area contributed by atoms with E-state index in [4.69, 9.17) is 4.74 Å². The van der Waals surface area contributed by atoms with Crippen molar-refractivity contribution in [2.45, 2.75) is 39.7 Å². The number of fused-ring (bicyclic) bond motifs is 2. The number of hydrogen-bond donors (Lipinski definition) is 1. The van der Waals surface area contributed by atoms with E-state index in [0.717, 1.165) is 18.5 Å². The molecule has 6 nitrogen and oxygen atoms in total. The molecule has 0 aliphatic carbocycles. The number of aryl methyl sites for hydroxylation is 1. The minimum Gasteiger partial charge on any atom is -0.491 e. The van der Waals surface area contributed by atoms with Crippen LogP contribution in [0.25, 0.3) is 10.9 Å². The number of anilines is 1. The van der Waals surface area contributed by atoms with Crippen molar-refractivity contribution in [3.8, 4) is 5.75 Å². The van der Waals surface area contributed by atoms with E-state index in [1.807, 2.05) is 6.92 Å². The van der Waals surface area contributed by atoms with Gasteiger partial charge >= 0.3 is 5.97 Å². The van der Waals surface area contributed by atoms with E-state index in [0.29, 0.717) is 40.1 Å². The monoisotopic (exact) mass is 500 g/mol. The fourth-order valence-electron chi connectivity index (χ4n) is 5.45. The van der Waals surface area contributed by atoms with E-state index in [2.05, 4.69) is 36.1 Å². The minimum absolute atomic E-state index is 0.241. The molecular formula is C30H29FN2O4. The van der Waals surface area contributed by atoms with Crippen molar-refractivity contribution in [2.75, 3.05) is 18.1 Å². The van der Waals surface area contributed by atoms with Crippen LogP contribution < -0.4 is 9.64 Å². The molecule has 1 atom stereocenters. The molecule has 0 fully saturated rings. The molecule has 0 amide bonds. The molecule has 0 radical (unpaired) electrons. The van der Waals surface area contributed by atoms with Gasteiger partial charge < -0.3 is 14.7 Å². The predicted octanol–water partition coefficient (Wildman–Crippen LogP) is 5.54. The number of aliphatic carboxylic acids is 1. The number of carbonyl (C=O) groups excluding carboxylic acids is 1. The molecule has 0 unspecified atom stereocenters. The summed E-state index contributed by atoms with van der Waals surface area (Å²) >= 11 is 0. The largest absolute Gasteiger partial charge is 0.491 e. The van der Waals surface area contributed by atoms with Crippen LogP contribution in [0.3, 0.4) is 0 Å². The van der Waals surface area contributed by atoms with Gasteiger partial charge in [-0.1, -0.05) is 18.2 Å². The zero-order valence-corrected chi connectivity index (χ0v) is 21.1. The highest BCUT2D eigenvalue weighted by molar-refractivity contribution is 6.04. The number of carbonyl (C=O) groups is 2. The van der Waals surface area contributed by atoms with Gasteiger partial charge in [-0.3, -0.25) is 14.2 Å². The first kappa shape index (κ1) is 24.6. The molecule has 3 aromatic carbocycles. The average Bonchev–Trinajstić information content (AvgIpc) is 3.36. The van der Waals surface area contributed by atoms with Crippen molar-refractivity contribution in [1.29, 1.82) is 0 Å². The highest BCUT2D eigenvalue weighted by Crippen LogP contribution is 2.33. The molecule has 1 N–H and O–H groups in total. The topological polar surface area (TPSA) is 71.8 Å².